The predicted octanol–water partition coefficient (Wildman–Crippen LogP) is 4.24. The van der Waals surface area contributed by atoms with Crippen molar-refractivity contribution in [3.63, 3.8) is 0 Å². The first-order valence-corrected chi connectivity index (χ1v) is 7.45. The van der Waals surface area contributed by atoms with Gasteiger partial charge in [-0.15, -0.1) is 0 Å². The quantitative estimate of drug-likeness (QED) is 0.589. The summed E-state index contributed by atoms with van der Waals surface area (Å²) in [4.78, 5) is 0. The van der Waals surface area contributed by atoms with Gasteiger partial charge in [0.15, 0.2) is 0 Å². The van der Waals surface area contributed by atoms with Crippen molar-refractivity contribution in [2.24, 2.45) is 5.84 Å². The average Bonchev–Trinajstić information content (AvgIpc) is 2.43. The summed E-state index contributed by atoms with van der Waals surface area (Å²) in [6, 6.07) is 8.92. The van der Waals surface area contributed by atoms with Gasteiger partial charge >= 0.3 is 0 Å². The van der Waals surface area contributed by atoms with Crippen LogP contribution in [-0.4, -0.2) is 0 Å². The predicted molar refractivity (Wildman–Crippen MR) is 82.0 cm³/mol. The lowest BCUT2D eigenvalue weighted by Crippen LogP contribution is -2.29. The minimum atomic E-state index is -0.337. The zero-order valence-electron chi connectivity index (χ0n) is 10.3. The largest absolute Gasteiger partial charge is 0.271 e. The normalized spacial score (nSPS) is 12.4. The molecule has 3 N–H and O–H groups in total. The van der Waals surface area contributed by atoms with E-state index in [2.05, 4.69) is 37.3 Å². The topological polar surface area (TPSA) is 38.0 Å². The van der Waals surface area contributed by atoms with Gasteiger partial charge in [0.2, 0.25) is 0 Å². The summed E-state index contributed by atoms with van der Waals surface area (Å²) >= 11 is 6.52. The molecule has 0 aliphatic rings. The molecule has 0 spiro atoms. The molecule has 0 radical (unpaired) electrons. The second-order valence-electron chi connectivity index (χ2n) is 4.33. The fraction of sp³-hybridized carbons (Fsp3) is 0.143. The molecule has 0 amide bonds. The van der Waals surface area contributed by atoms with E-state index in [9.17, 15) is 8.78 Å². The number of benzene rings is 2. The first-order valence-electron chi connectivity index (χ1n) is 5.86. The van der Waals surface area contributed by atoms with E-state index < -0.39 is 0 Å². The second-order valence-corrected chi connectivity index (χ2v) is 6.04. The maximum Gasteiger partial charge on any atom is 0.137 e. The maximum atomic E-state index is 13.3. The van der Waals surface area contributed by atoms with E-state index in [1.807, 2.05) is 0 Å². The molecular formula is C14H12Br2F2N2. The lowest BCUT2D eigenvalue weighted by molar-refractivity contribution is 0.544. The summed E-state index contributed by atoms with van der Waals surface area (Å²) in [6.07, 6.45) is 0.479. The fourth-order valence-electron chi connectivity index (χ4n) is 1.92. The standard InChI is InChI=1S/C14H12Br2F2N2/c15-11-3-2-10(17)5-9(11)7-14(20-19)8-1-4-13(18)12(16)6-8/h1-6,14,20H,7,19H2. The number of hydrogen-bond donors (Lipinski definition) is 2. The van der Waals surface area contributed by atoms with Gasteiger partial charge in [-0.05, 0) is 63.8 Å². The van der Waals surface area contributed by atoms with E-state index in [4.69, 9.17) is 5.84 Å². The molecule has 0 aromatic heterocycles. The highest BCUT2D eigenvalue weighted by Crippen LogP contribution is 2.26. The zero-order chi connectivity index (χ0) is 14.7. The van der Waals surface area contributed by atoms with Crippen LogP contribution < -0.4 is 11.3 Å². The van der Waals surface area contributed by atoms with Gasteiger partial charge in [0.1, 0.15) is 11.6 Å². The van der Waals surface area contributed by atoms with Crippen molar-refractivity contribution < 1.29 is 8.78 Å². The summed E-state index contributed by atoms with van der Waals surface area (Å²) in [6.45, 7) is 0. The monoisotopic (exact) mass is 404 g/mol. The van der Waals surface area contributed by atoms with Crippen LogP contribution in [0.5, 0.6) is 0 Å². The number of rotatable bonds is 4. The van der Waals surface area contributed by atoms with Gasteiger partial charge in [-0.2, -0.15) is 0 Å². The van der Waals surface area contributed by atoms with Crippen LogP contribution >= 0.6 is 31.9 Å². The molecule has 0 saturated heterocycles. The Balaban J connectivity index is 2.28. The highest BCUT2D eigenvalue weighted by atomic mass is 79.9. The van der Waals surface area contributed by atoms with Crippen molar-refractivity contribution in [3.8, 4) is 0 Å². The SMILES string of the molecule is NNC(Cc1cc(F)ccc1Br)c1ccc(F)c(Br)c1. The average molecular weight is 406 g/mol. The highest BCUT2D eigenvalue weighted by molar-refractivity contribution is 9.10. The molecular weight excluding hydrogens is 394 g/mol. The van der Waals surface area contributed by atoms with Gasteiger partial charge in [-0.3, -0.25) is 11.3 Å². The summed E-state index contributed by atoms with van der Waals surface area (Å²) in [5.74, 6) is 4.92. The van der Waals surface area contributed by atoms with E-state index >= 15 is 0 Å². The molecule has 6 heteroatoms. The van der Waals surface area contributed by atoms with Gasteiger partial charge in [0.05, 0.1) is 10.5 Å². The molecule has 2 aromatic carbocycles. The Hall–Kier alpha value is -0.820. The molecule has 1 atom stereocenters. The minimum Gasteiger partial charge on any atom is -0.271 e. The lowest BCUT2D eigenvalue weighted by atomic mass is 9.99. The minimum absolute atomic E-state index is 0.245. The smallest absolute Gasteiger partial charge is 0.137 e. The van der Waals surface area contributed by atoms with Gasteiger partial charge < -0.3 is 0 Å². The number of hydrogen-bond acceptors (Lipinski definition) is 2. The van der Waals surface area contributed by atoms with Crippen molar-refractivity contribution in [1.29, 1.82) is 0 Å². The van der Waals surface area contributed by atoms with Gasteiger partial charge in [-0.25, -0.2) is 8.78 Å². The Bertz CT molecular complexity index is 620. The molecule has 20 heavy (non-hydrogen) atoms. The van der Waals surface area contributed by atoms with Crippen LogP contribution in [-0.2, 0) is 6.42 Å². The van der Waals surface area contributed by atoms with Gasteiger partial charge in [0, 0.05) is 4.47 Å². The van der Waals surface area contributed by atoms with Crippen LogP contribution in [0.1, 0.15) is 17.2 Å². The number of hydrazine groups is 1. The van der Waals surface area contributed by atoms with Crippen molar-refractivity contribution in [2.45, 2.75) is 12.5 Å². The molecule has 0 fully saturated rings. The van der Waals surface area contributed by atoms with Crippen LogP contribution in [0.3, 0.4) is 0 Å². The molecule has 0 saturated carbocycles. The number of nitrogens with two attached hydrogens (primary N) is 1. The van der Waals surface area contributed by atoms with E-state index in [0.29, 0.717) is 10.9 Å². The molecule has 2 aromatic rings. The Morgan fingerprint density at radius 2 is 1.80 bits per heavy atom. The first kappa shape index (κ1) is 15.6. The molecule has 0 heterocycles. The summed E-state index contributed by atoms with van der Waals surface area (Å²) < 4.78 is 27.7. The first-order chi connectivity index (χ1) is 9.51. The van der Waals surface area contributed by atoms with Crippen LogP contribution in [0.2, 0.25) is 0 Å². The van der Waals surface area contributed by atoms with Crippen molar-refractivity contribution in [2.75, 3.05) is 0 Å². The van der Waals surface area contributed by atoms with Crippen molar-refractivity contribution in [3.05, 3.63) is 68.1 Å². The molecule has 0 bridgehead atoms. The van der Waals surface area contributed by atoms with Crippen LogP contribution in [0.25, 0.3) is 0 Å². The molecule has 0 aliphatic carbocycles. The number of halogens is 4. The van der Waals surface area contributed by atoms with E-state index in [0.717, 1.165) is 15.6 Å². The Morgan fingerprint density at radius 1 is 1.05 bits per heavy atom. The Morgan fingerprint density at radius 3 is 2.45 bits per heavy atom. The van der Waals surface area contributed by atoms with Gasteiger partial charge in [0.25, 0.3) is 0 Å². The molecule has 106 valence electrons. The van der Waals surface area contributed by atoms with Gasteiger partial charge in [-0.1, -0.05) is 22.0 Å². The molecule has 2 rings (SSSR count). The summed E-state index contributed by atoms with van der Waals surface area (Å²) in [7, 11) is 0. The van der Waals surface area contributed by atoms with Crippen LogP contribution in [0, 0.1) is 11.6 Å². The Labute approximate surface area is 132 Å². The Kier molecular flexibility index (Phi) is 5.26. The second kappa shape index (κ2) is 6.76. The highest BCUT2D eigenvalue weighted by Gasteiger charge is 2.14. The van der Waals surface area contributed by atoms with Crippen molar-refractivity contribution in [1.82, 2.24) is 5.43 Å². The lowest BCUT2D eigenvalue weighted by Gasteiger charge is -2.18. The third kappa shape index (κ3) is 3.63. The maximum absolute atomic E-state index is 13.3. The summed E-state index contributed by atoms with van der Waals surface area (Å²) in [5.41, 5.74) is 4.28. The summed E-state index contributed by atoms with van der Waals surface area (Å²) in [5, 5.41) is 0. The van der Waals surface area contributed by atoms with E-state index in [1.165, 1.54) is 18.2 Å². The number of nitrogens with one attached hydrogen (secondary N) is 1. The molecule has 1 unspecified atom stereocenters. The van der Waals surface area contributed by atoms with E-state index in [1.54, 1.807) is 18.2 Å². The van der Waals surface area contributed by atoms with E-state index in [-0.39, 0.29) is 17.7 Å². The molecule has 2 nitrogen and oxygen atoms in total. The van der Waals surface area contributed by atoms with Crippen LogP contribution in [0.4, 0.5) is 8.78 Å². The third-order valence-electron chi connectivity index (χ3n) is 2.98. The molecule has 0 aliphatic heterocycles. The van der Waals surface area contributed by atoms with Crippen LogP contribution in [0.15, 0.2) is 45.3 Å². The van der Waals surface area contributed by atoms with Crippen molar-refractivity contribution >= 4 is 31.9 Å². The zero-order valence-corrected chi connectivity index (χ0v) is 13.5. The fourth-order valence-corrected chi connectivity index (χ4v) is 2.73. The third-order valence-corrected chi connectivity index (χ3v) is 4.36.